The molecule has 0 amide bonds. The Morgan fingerprint density at radius 2 is 1.00 bits per heavy atom. The number of rotatable bonds is 2. The van der Waals surface area contributed by atoms with Crippen molar-refractivity contribution in [2.24, 2.45) is 0 Å². The fourth-order valence-corrected chi connectivity index (χ4v) is 2.51. The number of aryl methyl sites for hydroxylation is 2. The summed E-state index contributed by atoms with van der Waals surface area (Å²) in [7, 11) is 0. The predicted octanol–water partition coefficient (Wildman–Crippen LogP) is 7.17. The minimum atomic E-state index is -0.647. The molecule has 0 aliphatic carbocycles. The Morgan fingerprint density at radius 1 is 0.636 bits per heavy atom. The van der Waals surface area contributed by atoms with Crippen LogP contribution in [0.1, 0.15) is 11.1 Å². The Labute approximate surface area is 206 Å². The first-order valence-corrected chi connectivity index (χ1v) is 8.93. The number of nitrogens with zero attached hydrogens (tertiary/aromatic N) is 2. The van der Waals surface area contributed by atoms with Gasteiger partial charge in [-0.3, -0.25) is 17.6 Å². The molecule has 4 rings (SSSR count). The molecule has 0 atom stereocenters. The van der Waals surface area contributed by atoms with Crippen LogP contribution in [0.5, 0.6) is 0 Å². The molecule has 0 aliphatic heterocycles. The Bertz CT molecular complexity index is 1060. The second-order valence-corrected chi connectivity index (χ2v) is 6.52. The molecule has 2 nitrogen and oxygen atoms in total. The molecule has 0 spiro atoms. The van der Waals surface area contributed by atoms with E-state index >= 15 is 0 Å². The maximum atomic E-state index is 13.3. The van der Waals surface area contributed by atoms with Gasteiger partial charge in [0.15, 0.2) is 0 Å². The van der Waals surface area contributed by atoms with Gasteiger partial charge in [-0.2, -0.15) is 0 Å². The van der Waals surface area contributed by atoms with Crippen LogP contribution in [0.25, 0.3) is 22.5 Å². The predicted molar refractivity (Wildman–Crippen MR) is 119 cm³/mol. The zero-order valence-corrected chi connectivity index (χ0v) is 20.9. The Hall–Kier alpha value is -2.89. The van der Waals surface area contributed by atoms with Gasteiger partial charge in [0.25, 0.3) is 0 Å². The zero-order chi connectivity index (χ0) is 21.7. The normalized spacial score (nSPS) is 9.39. The van der Waals surface area contributed by atoms with Crippen molar-refractivity contribution in [2.75, 3.05) is 0 Å². The average Bonchev–Trinajstić information content (AvgIpc) is 2.70. The monoisotopic (exact) mass is 631 g/mol. The molecule has 0 fully saturated rings. The molecule has 0 N–H and O–H groups in total. The van der Waals surface area contributed by atoms with Crippen molar-refractivity contribution < 1.29 is 37.7 Å². The van der Waals surface area contributed by atoms with Crippen LogP contribution in [-0.2, 0) is 20.1 Å². The summed E-state index contributed by atoms with van der Waals surface area (Å²) < 4.78 is 51.9. The summed E-state index contributed by atoms with van der Waals surface area (Å²) >= 11 is 0. The summed E-state index contributed by atoms with van der Waals surface area (Å²) in [5.41, 5.74) is 3.27. The topological polar surface area (TPSA) is 25.8 Å². The molecule has 1 radical (unpaired) electrons. The molecule has 7 heteroatoms. The molecule has 177 valence electrons. The average molecular weight is 631 g/mol. The van der Waals surface area contributed by atoms with Crippen molar-refractivity contribution in [3.63, 3.8) is 0 Å². The van der Waals surface area contributed by atoms with Gasteiger partial charge in [-0.15, -0.1) is 24.3 Å². The van der Waals surface area contributed by atoms with E-state index in [9.17, 15) is 17.6 Å². The smallest absolute Gasteiger partial charge is 0.0408 e. The van der Waals surface area contributed by atoms with E-state index in [0.717, 1.165) is 35.4 Å². The third kappa shape index (κ3) is 8.19. The number of hydrogen-bond acceptors (Lipinski definition) is 2. The fraction of sp³-hybridized carbons (Fsp3) is 0.0769. The Morgan fingerprint density at radius 3 is 1.27 bits per heavy atom. The summed E-state index contributed by atoms with van der Waals surface area (Å²) in [5, 5.41) is 0. The number of hydrogen-bond donors (Lipinski definition) is 0. The van der Waals surface area contributed by atoms with Gasteiger partial charge >= 0.3 is 0 Å². The summed E-state index contributed by atoms with van der Waals surface area (Å²) in [6.45, 7) is 3.78. The standard InChI is InChI=1S/2C12H8F2N.2CH3.Ir/c2*1-8-2-5-12(15-7-8)10-4-3-9(13)6-11(10)14;;;/h2*2-3,5-7H,1H3;2*1H3;/q4*-1;. The second-order valence-electron chi connectivity index (χ2n) is 6.52. The van der Waals surface area contributed by atoms with Gasteiger partial charge in [-0.25, -0.2) is 0 Å². The van der Waals surface area contributed by atoms with Gasteiger partial charge < -0.3 is 24.8 Å². The molecular weight excluding hydrogens is 609 g/mol. The van der Waals surface area contributed by atoms with Crippen LogP contribution in [0.15, 0.2) is 60.9 Å². The maximum Gasteiger partial charge on any atom is 0.0408 e. The van der Waals surface area contributed by atoms with E-state index in [0.29, 0.717) is 11.4 Å². The first-order chi connectivity index (χ1) is 14.3. The largest absolute Gasteiger partial charge is 0.358 e. The van der Waals surface area contributed by atoms with E-state index < -0.39 is 23.3 Å². The van der Waals surface area contributed by atoms with E-state index in [1.807, 2.05) is 26.0 Å². The fourth-order valence-electron chi connectivity index (χ4n) is 2.51. The molecular formula is C26H22F4IrN2-4. The third-order valence-electron chi connectivity index (χ3n) is 4.05. The van der Waals surface area contributed by atoms with Crippen LogP contribution in [-0.4, -0.2) is 9.97 Å². The van der Waals surface area contributed by atoms with Crippen molar-refractivity contribution in [1.29, 1.82) is 0 Å². The molecule has 4 aromatic rings. The Balaban J connectivity index is 0.000000569. The number of benzene rings is 2. The van der Waals surface area contributed by atoms with E-state index in [-0.39, 0.29) is 46.1 Å². The first kappa shape index (κ1) is 30.1. The van der Waals surface area contributed by atoms with Gasteiger partial charge in [0.05, 0.1) is 0 Å². The van der Waals surface area contributed by atoms with Crippen molar-refractivity contribution >= 4 is 0 Å². The van der Waals surface area contributed by atoms with Gasteiger partial charge in [0.2, 0.25) is 0 Å². The summed E-state index contributed by atoms with van der Waals surface area (Å²) in [4.78, 5) is 8.09. The zero-order valence-electron chi connectivity index (χ0n) is 18.5. The minimum Gasteiger partial charge on any atom is -0.358 e. The van der Waals surface area contributed by atoms with E-state index in [2.05, 4.69) is 22.1 Å². The van der Waals surface area contributed by atoms with Crippen molar-refractivity contribution in [3.05, 3.63) is 122 Å². The summed E-state index contributed by atoms with van der Waals surface area (Å²) in [6.07, 6.45) is 3.26. The molecule has 0 aliphatic rings. The molecule has 2 heterocycles. The first-order valence-electron chi connectivity index (χ1n) is 8.93. The molecule has 0 unspecified atom stereocenters. The van der Waals surface area contributed by atoms with Crippen molar-refractivity contribution in [2.45, 2.75) is 13.8 Å². The SMILES string of the molecule is Cc1ccc(-c2[c-]cc(F)cc2F)nc1.Cc1ccc(-c2[c-]cc(F)cc2F)nc1.[CH3-].[CH3-].[Ir]. The van der Waals surface area contributed by atoms with Crippen LogP contribution in [0.2, 0.25) is 0 Å². The number of pyridine rings is 2. The van der Waals surface area contributed by atoms with Gasteiger partial charge in [0, 0.05) is 55.8 Å². The van der Waals surface area contributed by atoms with E-state index in [1.54, 1.807) is 24.5 Å². The van der Waals surface area contributed by atoms with Crippen LogP contribution in [0.4, 0.5) is 17.6 Å². The number of halogens is 4. The van der Waals surface area contributed by atoms with Crippen molar-refractivity contribution in [3.8, 4) is 22.5 Å². The quantitative estimate of drug-likeness (QED) is 0.174. The molecule has 0 saturated carbocycles. The van der Waals surface area contributed by atoms with Crippen LogP contribution < -0.4 is 0 Å². The van der Waals surface area contributed by atoms with Gasteiger partial charge in [0.1, 0.15) is 0 Å². The van der Waals surface area contributed by atoms with Crippen LogP contribution in [0, 0.1) is 64.1 Å². The molecule has 2 aromatic carbocycles. The molecule has 0 bridgehead atoms. The van der Waals surface area contributed by atoms with Gasteiger partial charge in [-0.1, -0.05) is 47.5 Å². The second kappa shape index (κ2) is 13.6. The van der Waals surface area contributed by atoms with E-state index in [4.69, 9.17) is 0 Å². The van der Waals surface area contributed by atoms with Gasteiger partial charge in [-0.05, 0) is 36.4 Å². The van der Waals surface area contributed by atoms with Crippen LogP contribution >= 0.6 is 0 Å². The summed E-state index contributed by atoms with van der Waals surface area (Å²) in [5.74, 6) is -2.57. The number of aromatic nitrogens is 2. The Kier molecular flexibility index (Phi) is 12.4. The van der Waals surface area contributed by atoms with Crippen molar-refractivity contribution in [1.82, 2.24) is 9.97 Å². The maximum absolute atomic E-state index is 13.3. The summed E-state index contributed by atoms with van der Waals surface area (Å²) in [6, 6.07) is 15.9. The molecule has 33 heavy (non-hydrogen) atoms. The van der Waals surface area contributed by atoms with Crippen LogP contribution in [0.3, 0.4) is 0 Å². The van der Waals surface area contributed by atoms with E-state index in [1.165, 1.54) is 0 Å². The third-order valence-corrected chi connectivity index (χ3v) is 4.05. The minimum absolute atomic E-state index is 0. The molecule has 2 aromatic heterocycles. The molecule has 0 saturated heterocycles.